The number of rotatable bonds is 9. The van der Waals surface area contributed by atoms with Gasteiger partial charge in [0.25, 0.3) is 0 Å². The smallest absolute Gasteiger partial charge is 0.237 e. The number of hydrogen-bond acceptors (Lipinski definition) is 4. The number of carbonyl (C=O) groups is 1. The summed E-state index contributed by atoms with van der Waals surface area (Å²) in [4.78, 5) is 11.8. The van der Waals surface area contributed by atoms with Crippen molar-refractivity contribution >= 4 is 18.3 Å². The van der Waals surface area contributed by atoms with Gasteiger partial charge in [0.2, 0.25) is 5.91 Å². The second kappa shape index (κ2) is 11.2. The van der Waals surface area contributed by atoms with Crippen LogP contribution in [0.4, 0.5) is 0 Å². The fourth-order valence-electron chi connectivity index (χ4n) is 1.78. The number of halogens is 1. The van der Waals surface area contributed by atoms with Gasteiger partial charge >= 0.3 is 0 Å². The molecule has 6 heteroatoms. The second-order valence-corrected chi connectivity index (χ2v) is 5.08. The molecule has 3 N–H and O–H groups in total. The van der Waals surface area contributed by atoms with Gasteiger partial charge in [0.05, 0.1) is 19.8 Å². The van der Waals surface area contributed by atoms with E-state index in [1.54, 1.807) is 7.11 Å². The summed E-state index contributed by atoms with van der Waals surface area (Å²) in [5.74, 6) is 1.70. The van der Waals surface area contributed by atoms with Gasteiger partial charge in [-0.1, -0.05) is 20.3 Å². The van der Waals surface area contributed by atoms with Crippen molar-refractivity contribution in [1.82, 2.24) is 5.32 Å². The Morgan fingerprint density at radius 2 is 1.86 bits per heavy atom. The average Bonchev–Trinajstić information content (AvgIpc) is 2.53. The van der Waals surface area contributed by atoms with Crippen LogP contribution in [-0.2, 0) is 4.79 Å². The van der Waals surface area contributed by atoms with Gasteiger partial charge in [0.15, 0.2) is 0 Å². The number of nitrogens with two attached hydrogens (primary N) is 1. The van der Waals surface area contributed by atoms with E-state index in [9.17, 15) is 4.79 Å². The van der Waals surface area contributed by atoms with E-state index >= 15 is 0 Å². The first-order chi connectivity index (χ1) is 10.1. The monoisotopic (exact) mass is 330 g/mol. The molecule has 5 nitrogen and oxygen atoms in total. The van der Waals surface area contributed by atoms with E-state index < -0.39 is 6.04 Å². The van der Waals surface area contributed by atoms with E-state index in [1.807, 2.05) is 38.1 Å². The molecule has 0 aliphatic rings. The van der Waals surface area contributed by atoms with Crippen molar-refractivity contribution in [1.29, 1.82) is 0 Å². The maximum atomic E-state index is 11.8. The molecular weight excluding hydrogens is 304 g/mol. The van der Waals surface area contributed by atoms with Gasteiger partial charge in [0, 0.05) is 6.54 Å². The molecule has 0 spiro atoms. The standard InChI is InChI=1S/C16H26N2O3.ClH/c1-4-12(2)15(17)16(19)18-10-5-11-21-14-8-6-13(20-3)7-9-14;/h6-9,12,15H,4-5,10-11,17H2,1-3H3,(H,18,19);1H. The Kier molecular flexibility index (Phi) is 10.4. The Labute approximate surface area is 139 Å². The number of nitrogens with one attached hydrogen (secondary N) is 1. The lowest BCUT2D eigenvalue weighted by atomic mass is 9.99. The highest BCUT2D eigenvalue weighted by molar-refractivity contribution is 5.85. The van der Waals surface area contributed by atoms with Gasteiger partial charge in [-0.3, -0.25) is 4.79 Å². The number of methoxy groups -OCH3 is 1. The lowest BCUT2D eigenvalue weighted by Crippen LogP contribution is -2.45. The molecule has 0 aromatic heterocycles. The van der Waals surface area contributed by atoms with Gasteiger partial charge in [-0.05, 0) is 36.6 Å². The molecule has 0 bridgehead atoms. The van der Waals surface area contributed by atoms with Crippen molar-refractivity contribution in [2.45, 2.75) is 32.7 Å². The molecule has 126 valence electrons. The molecule has 1 amide bonds. The number of benzene rings is 1. The van der Waals surface area contributed by atoms with Gasteiger partial charge < -0.3 is 20.5 Å². The average molecular weight is 331 g/mol. The van der Waals surface area contributed by atoms with Crippen molar-refractivity contribution in [3.8, 4) is 11.5 Å². The molecule has 1 aromatic carbocycles. The molecule has 2 atom stereocenters. The zero-order valence-electron chi connectivity index (χ0n) is 13.5. The maximum absolute atomic E-state index is 11.8. The fraction of sp³-hybridized carbons (Fsp3) is 0.562. The second-order valence-electron chi connectivity index (χ2n) is 5.08. The summed E-state index contributed by atoms with van der Waals surface area (Å²) in [6, 6.07) is 6.98. The largest absolute Gasteiger partial charge is 0.497 e. The first kappa shape index (κ1) is 20.5. The minimum atomic E-state index is -0.433. The van der Waals surface area contributed by atoms with E-state index in [0.717, 1.165) is 24.3 Å². The van der Waals surface area contributed by atoms with Gasteiger partial charge in [-0.2, -0.15) is 0 Å². The third kappa shape index (κ3) is 7.00. The Hall–Kier alpha value is -1.46. The summed E-state index contributed by atoms with van der Waals surface area (Å²) < 4.78 is 10.7. The van der Waals surface area contributed by atoms with Gasteiger partial charge in [0.1, 0.15) is 11.5 Å². The van der Waals surface area contributed by atoms with E-state index in [0.29, 0.717) is 13.2 Å². The SMILES string of the molecule is CCC(C)C(N)C(=O)NCCCOc1ccc(OC)cc1.Cl. The van der Waals surface area contributed by atoms with Crippen molar-refractivity contribution in [2.75, 3.05) is 20.3 Å². The Bertz CT molecular complexity index is 426. The number of carbonyl (C=O) groups excluding carboxylic acids is 1. The number of hydrogen-bond donors (Lipinski definition) is 2. The van der Waals surface area contributed by atoms with Crippen LogP contribution in [0.5, 0.6) is 11.5 Å². The van der Waals surface area contributed by atoms with Crippen LogP contribution in [0, 0.1) is 5.92 Å². The summed E-state index contributed by atoms with van der Waals surface area (Å²) >= 11 is 0. The van der Waals surface area contributed by atoms with Crippen molar-refractivity contribution in [3.05, 3.63) is 24.3 Å². The topological polar surface area (TPSA) is 73.6 Å². The lowest BCUT2D eigenvalue weighted by Gasteiger charge is -2.17. The van der Waals surface area contributed by atoms with Crippen molar-refractivity contribution in [2.24, 2.45) is 11.7 Å². The molecule has 1 rings (SSSR count). The first-order valence-corrected chi connectivity index (χ1v) is 7.38. The summed E-state index contributed by atoms with van der Waals surface area (Å²) in [5, 5.41) is 2.84. The molecule has 22 heavy (non-hydrogen) atoms. The van der Waals surface area contributed by atoms with Crippen molar-refractivity contribution < 1.29 is 14.3 Å². The molecular formula is C16H27ClN2O3. The van der Waals surface area contributed by atoms with Crippen LogP contribution in [0.25, 0.3) is 0 Å². The van der Waals surface area contributed by atoms with E-state index in [1.165, 1.54) is 0 Å². The zero-order chi connectivity index (χ0) is 15.7. The van der Waals surface area contributed by atoms with Crippen LogP contribution in [0.2, 0.25) is 0 Å². The van der Waals surface area contributed by atoms with Crippen LogP contribution >= 0.6 is 12.4 Å². The molecule has 0 saturated heterocycles. The molecule has 0 aliphatic heterocycles. The van der Waals surface area contributed by atoms with E-state index in [4.69, 9.17) is 15.2 Å². The first-order valence-electron chi connectivity index (χ1n) is 7.38. The highest BCUT2D eigenvalue weighted by Gasteiger charge is 2.18. The van der Waals surface area contributed by atoms with Crippen molar-refractivity contribution in [3.63, 3.8) is 0 Å². The van der Waals surface area contributed by atoms with Gasteiger partial charge in [-0.25, -0.2) is 0 Å². The Morgan fingerprint density at radius 3 is 2.41 bits per heavy atom. The Balaban J connectivity index is 0.00000441. The molecule has 2 unspecified atom stereocenters. The third-order valence-electron chi connectivity index (χ3n) is 3.51. The van der Waals surface area contributed by atoms with Gasteiger partial charge in [-0.15, -0.1) is 12.4 Å². The molecule has 1 aromatic rings. The minimum Gasteiger partial charge on any atom is -0.497 e. The van der Waals surface area contributed by atoms with E-state index in [-0.39, 0.29) is 24.2 Å². The quantitative estimate of drug-likeness (QED) is 0.682. The summed E-state index contributed by atoms with van der Waals surface area (Å²) in [5.41, 5.74) is 5.85. The van der Waals surface area contributed by atoms with Crippen LogP contribution in [0.1, 0.15) is 26.7 Å². The minimum absolute atomic E-state index is 0. The molecule has 0 heterocycles. The number of ether oxygens (including phenoxy) is 2. The predicted octanol–water partition coefficient (Wildman–Crippen LogP) is 2.38. The molecule has 0 fully saturated rings. The predicted molar refractivity (Wildman–Crippen MR) is 90.8 cm³/mol. The molecule has 0 saturated carbocycles. The normalized spacial score (nSPS) is 12.7. The van der Waals surface area contributed by atoms with Crippen LogP contribution in [0.15, 0.2) is 24.3 Å². The summed E-state index contributed by atoms with van der Waals surface area (Å²) in [6.45, 7) is 5.13. The highest BCUT2D eigenvalue weighted by atomic mass is 35.5. The van der Waals surface area contributed by atoms with Crippen LogP contribution < -0.4 is 20.5 Å². The molecule has 0 radical (unpaired) electrons. The maximum Gasteiger partial charge on any atom is 0.237 e. The molecule has 0 aliphatic carbocycles. The number of amides is 1. The van der Waals surface area contributed by atoms with E-state index in [2.05, 4.69) is 5.32 Å². The van der Waals surface area contributed by atoms with Crippen LogP contribution in [-0.4, -0.2) is 32.2 Å². The third-order valence-corrected chi connectivity index (χ3v) is 3.51. The Morgan fingerprint density at radius 1 is 1.27 bits per heavy atom. The highest BCUT2D eigenvalue weighted by Crippen LogP contribution is 2.16. The summed E-state index contributed by atoms with van der Waals surface area (Å²) in [7, 11) is 1.63. The van der Waals surface area contributed by atoms with Crippen LogP contribution in [0.3, 0.4) is 0 Å². The lowest BCUT2D eigenvalue weighted by molar-refractivity contribution is -0.123. The zero-order valence-corrected chi connectivity index (χ0v) is 14.3. The fourth-order valence-corrected chi connectivity index (χ4v) is 1.78. The summed E-state index contributed by atoms with van der Waals surface area (Å²) in [6.07, 6.45) is 1.64.